The predicted octanol–water partition coefficient (Wildman–Crippen LogP) is 1.29. The van der Waals surface area contributed by atoms with Gasteiger partial charge in [0.15, 0.2) is 5.84 Å². The summed E-state index contributed by atoms with van der Waals surface area (Å²) in [5.74, 6) is -0.357. The highest BCUT2D eigenvalue weighted by Crippen LogP contribution is 2.22. The third-order valence-corrected chi connectivity index (χ3v) is 2.35. The zero-order chi connectivity index (χ0) is 13.7. The maximum atomic E-state index is 8.71. The van der Waals surface area contributed by atoms with E-state index in [-0.39, 0.29) is 11.5 Å². The molecule has 0 atom stereocenters. The fourth-order valence-corrected chi connectivity index (χ4v) is 1.43. The number of benzene rings is 1. The summed E-state index contributed by atoms with van der Waals surface area (Å²) in [4.78, 5) is 1.99. The first-order valence-electron chi connectivity index (χ1n) is 5.32. The van der Waals surface area contributed by atoms with Gasteiger partial charge in [-0.05, 0) is 24.6 Å². The van der Waals surface area contributed by atoms with Crippen LogP contribution in [-0.2, 0) is 0 Å². The number of nitrogens with two attached hydrogens (primary N) is 1. The van der Waals surface area contributed by atoms with Crippen LogP contribution in [0.4, 0.5) is 11.4 Å². The average molecular weight is 244 g/mol. The van der Waals surface area contributed by atoms with Crippen molar-refractivity contribution in [3.05, 3.63) is 23.8 Å². The number of anilines is 2. The number of nitriles is 1. The molecule has 1 aromatic rings. The number of hydrogen-bond acceptors (Lipinski definition) is 5. The highest BCUT2D eigenvalue weighted by atomic mass is 15.3. The molecule has 1 rings (SSSR count). The van der Waals surface area contributed by atoms with Crippen molar-refractivity contribution >= 4 is 22.9 Å². The third kappa shape index (κ3) is 3.22. The Kier molecular flexibility index (Phi) is 4.27. The van der Waals surface area contributed by atoms with Crippen molar-refractivity contribution in [2.75, 3.05) is 24.4 Å². The molecular formula is C12H16N6. The van der Waals surface area contributed by atoms with Crippen LogP contribution in [0.25, 0.3) is 0 Å². The molecule has 0 radical (unpaired) electrons. The van der Waals surface area contributed by atoms with E-state index >= 15 is 0 Å². The predicted molar refractivity (Wildman–Crippen MR) is 74.1 cm³/mol. The number of amidine groups is 1. The van der Waals surface area contributed by atoms with Gasteiger partial charge in [-0.15, -0.1) is 0 Å². The molecule has 1 aromatic carbocycles. The zero-order valence-electron chi connectivity index (χ0n) is 10.7. The quantitative estimate of drug-likeness (QED) is 0.422. The third-order valence-electron chi connectivity index (χ3n) is 2.35. The van der Waals surface area contributed by atoms with Gasteiger partial charge in [0.2, 0.25) is 5.71 Å². The first-order chi connectivity index (χ1) is 8.45. The van der Waals surface area contributed by atoms with Gasteiger partial charge in [-0.25, -0.2) is 0 Å². The monoisotopic (exact) mass is 244 g/mol. The molecule has 94 valence electrons. The summed E-state index contributed by atoms with van der Waals surface area (Å²) in [6.45, 7) is 2.01. The normalized spacial score (nSPS) is 10.7. The molecular weight excluding hydrogens is 228 g/mol. The molecule has 0 amide bonds. The van der Waals surface area contributed by atoms with Crippen LogP contribution in [0.2, 0.25) is 0 Å². The van der Waals surface area contributed by atoms with Gasteiger partial charge >= 0.3 is 0 Å². The Labute approximate surface area is 106 Å². The van der Waals surface area contributed by atoms with E-state index in [1.807, 2.05) is 44.1 Å². The second kappa shape index (κ2) is 5.68. The summed E-state index contributed by atoms with van der Waals surface area (Å²) in [5, 5.41) is 19.6. The fraction of sp³-hybridized carbons (Fsp3) is 0.250. The topological polar surface area (TPSA) is 101 Å². The molecule has 0 heterocycles. The number of nitrogens with zero attached hydrogens (tertiary/aromatic N) is 3. The van der Waals surface area contributed by atoms with E-state index in [9.17, 15) is 0 Å². The lowest BCUT2D eigenvalue weighted by molar-refractivity contribution is 1.11. The molecule has 0 aliphatic rings. The first-order valence-corrected chi connectivity index (χ1v) is 5.32. The van der Waals surface area contributed by atoms with Crippen LogP contribution in [0, 0.1) is 23.7 Å². The SMILES string of the molecule is Cc1ccc(N/N=C(\C#N)C(=N)N)cc1N(C)C. The Hall–Kier alpha value is -2.55. The fourth-order valence-electron chi connectivity index (χ4n) is 1.43. The summed E-state index contributed by atoms with van der Waals surface area (Å²) in [5.41, 5.74) is 10.7. The van der Waals surface area contributed by atoms with E-state index in [2.05, 4.69) is 10.5 Å². The molecule has 0 unspecified atom stereocenters. The lowest BCUT2D eigenvalue weighted by Crippen LogP contribution is -2.21. The van der Waals surface area contributed by atoms with Gasteiger partial charge < -0.3 is 10.6 Å². The van der Waals surface area contributed by atoms with Gasteiger partial charge in [0, 0.05) is 19.8 Å². The first kappa shape index (κ1) is 13.5. The molecule has 0 aliphatic carbocycles. The summed E-state index contributed by atoms with van der Waals surface area (Å²) < 4.78 is 0. The molecule has 0 fully saturated rings. The van der Waals surface area contributed by atoms with Gasteiger partial charge in [-0.3, -0.25) is 10.8 Å². The van der Waals surface area contributed by atoms with E-state index in [4.69, 9.17) is 16.4 Å². The van der Waals surface area contributed by atoms with E-state index in [0.717, 1.165) is 16.9 Å². The molecule has 0 bridgehead atoms. The molecule has 0 aromatic heterocycles. The Balaban J connectivity index is 2.97. The van der Waals surface area contributed by atoms with Crippen molar-refractivity contribution in [1.82, 2.24) is 0 Å². The maximum Gasteiger partial charge on any atom is 0.201 e. The minimum Gasteiger partial charge on any atom is -0.382 e. The van der Waals surface area contributed by atoms with Crippen LogP contribution in [0.15, 0.2) is 23.3 Å². The Morgan fingerprint density at radius 3 is 2.67 bits per heavy atom. The number of nitrogens with one attached hydrogen (secondary N) is 2. The average Bonchev–Trinajstić information content (AvgIpc) is 2.31. The molecule has 6 nitrogen and oxygen atoms in total. The smallest absolute Gasteiger partial charge is 0.201 e. The molecule has 0 aliphatic heterocycles. The van der Waals surface area contributed by atoms with E-state index in [0.29, 0.717) is 0 Å². The lowest BCUT2D eigenvalue weighted by atomic mass is 10.1. The van der Waals surface area contributed by atoms with Crippen LogP contribution >= 0.6 is 0 Å². The Morgan fingerprint density at radius 2 is 2.17 bits per heavy atom. The highest BCUT2D eigenvalue weighted by molar-refractivity contribution is 6.45. The van der Waals surface area contributed by atoms with Crippen LogP contribution in [0.1, 0.15) is 5.56 Å². The van der Waals surface area contributed by atoms with Crippen molar-refractivity contribution in [3.63, 3.8) is 0 Å². The number of aryl methyl sites for hydroxylation is 1. The minimum absolute atomic E-state index is 0.137. The summed E-state index contributed by atoms with van der Waals surface area (Å²) in [6, 6.07) is 7.46. The largest absolute Gasteiger partial charge is 0.382 e. The van der Waals surface area contributed by atoms with Gasteiger partial charge in [0.05, 0.1) is 5.69 Å². The second-order valence-electron chi connectivity index (χ2n) is 3.99. The van der Waals surface area contributed by atoms with Crippen LogP contribution < -0.4 is 16.1 Å². The summed E-state index contributed by atoms with van der Waals surface area (Å²) in [6.07, 6.45) is 0. The van der Waals surface area contributed by atoms with Crippen molar-refractivity contribution < 1.29 is 0 Å². The van der Waals surface area contributed by atoms with Crippen LogP contribution in [0.3, 0.4) is 0 Å². The van der Waals surface area contributed by atoms with E-state index in [1.54, 1.807) is 6.07 Å². The second-order valence-corrected chi connectivity index (χ2v) is 3.99. The molecule has 4 N–H and O–H groups in total. The van der Waals surface area contributed by atoms with Gasteiger partial charge in [0.1, 0.15) is 6.07 Å². The molecule has 0 spiro atoms. The molecule has 0 saturated heterocycles. The van der Waals surface area contributed by atoms with Crippen LogP contribution in [0.5, 0.6) is 0 Å². The number of hydrazone groups is 1. The van der Waals surface area contributed by atoms with E-state index < -0.39 is 0 Å². The van der Waals surface area contributed by atoms with Crippen LogP contribution in [-0.4, -0.2) is 25.6 Å². The highest BCUT2D eigenvalue weighted by Gasteiger charge is 2.03. The standard InChI is InChI=1S/C12H16N6/c1-8-4-5-9(6-11(8)18(2)3)16-17-10(7-13)12(14)15/h4-6,16H,1-3H3,(H3,14,15)/b17-10+. The zero-order valence-corrected chi connectivity index (χ0v) is 10.7. The van der Waals surface area contributed by atoms with Gasteiger partial charge in [-0.2, -0.15) is 10.4 Å². The minimum atomic E-state index is -0.357. The molecule has 0 saturated carbocycles. The van der Waals surface area contributed by atoms with Gasteiger partial charge in [0.25, 0.3) is 0 Å². The van der Waals surface area contributed by atoms with Crippen molar-refractivity contribution in [1.29, 1.82) is 10.7 Å². The summed E-state index contributed by atoms with van der Waals surface area (Å²) in [7, 11) is 3.90. The van der Waals surface area contributed by atoms with E-state index in [1.165, 1.54) is 0 Å². The summed E-state index contributed by atoms with van der Waals surface area (Å²) >= 11 is 0. The van der Waals surface area contributed by atoms with Gasteiger partial charge in [-0.1, -0.05) is 6.07 Å². The lowest BCUT2D eigenvalue weighted by Gasteiger charge is -2.16. The Morgan fingerprint density at radius 1 is 1.50 bits per heavy atom. The molecule has 6 heteroatoms. The molecule has 18 heavy (non-hydrogen) atoms. The van der Waals surface area contributed by atoms with Crippen molar-refractivity contribution in [2.45, 2.75) is 6.92 Å². The Bertz CT molecular complexity index is 524. The number of rotatable bonds is 4. The maximum absolute atomic E-state index is 8.71. The number of hydrogen-bond donors (Lipinski definition) is 3. The van der Waals surface area contributed by atoms with Crippen molar-refractivity contribution in [2.24, 2.45) is 10.8 Å². The van der Waals surface area contributed by atoms with Crippen molar-refractivity contribution in [3.8, 4) is 6.07 Å².